The van der Waals surface area contributed by atoms with Gasteiger partial charge in [0.1, 0.15) is 5.47 Å². The summed E-state index contributed by atoms with van der Waals surface area (Å²) in [6, 6.07) is 0. The van der Waals surface area contributed by atoms with Crippen LogP contribution >= 0.6 is 29.3 Å². The van der Waals surface area contributed by atoms with Crippen molar-refractivity contribution in [3.05, 3.63) is 0 Å². The molecule has 3 unspecified atom stereocenters. The second kappa shape index (κ2) is 10.1. The first-order valence-electron chi connectivity index (χ1n) is 6.24. The van der Waals surface area contributed by atoms with Gasteiger partial charge in [-0.3, -0.25) is 0 Å². The van der Waals surface area contributed by atoms with Crippen LogP contribution in [0.25, 0.3) is 0 Å². The Balaban J connectivity index is 0. The molecule has 1 nitrogen and oxygen atoms in total. The van der Waals surface area contributed by atoms with Gasteiger partial charge in [-0.15, -0.1) is 12.4 Å². The molecule has 0 aliphatic heterocycles. The highest BCUT2D eigenvalue weighted by Gasteiger charge is 2.20. The van der Waals surface area contributed by atoms with E-state index in [-0.39, 0.29) is 12.4 Å². The fraction of sp³-hybridized carbons (Fsp3) is 1.00. The molecule has 0 rings (SSSR count). The Bertz CT molecular complexity index is 237. The molecule has 0 amide bonds. The van der Waals surface area contributed by atoms with Crippen molar-refractivity contribution in [1.29, 1.82) is 0 Å². The largest absolute Gasteiger partial charge is 0.357 e. The first kappa shape index (κ1) is 20.6. The van der Waals surface area contributed by atoms with Crippen LogP contribution in [0.2, 0.25) is 0 Å². The minimum Gasteiger partial charge on any atom is -0.357 e. The Labute approximate surface area is 123 Å². The zero-order chi connectivity index (χ0) is 12.8. The van der Waals surface area contributed by atoms with Crippen LogP contribution in [0.15, 0.2) is 0 Å². The Morgan fingerprint density at radius 2 is 1.76 bits per heavy atom. The van der Waals surface area contributed by atoms with E-state index in [2.05, 4.69) is 34.6 Å². The molecule has 0 aromatic heterocycles. The van der Waals surface area contributed by atoms with Crippen molar-refractivity contribution < 1.29 is 4.89 Å². The molecule has 0 bridgehead atoms. The summed E-state index contributed by atoms with van der Waals surface area (Å²) in [5.41, 5.74) is -2.13. The van der Waals surface area contributed by atoms with E-state index in [4.69, 9.17) is 11.8 Å². The van der Waals surface area contributed by atoms with Crippen LogP contribution in [-0.4, -0.2) is 16.8 Å². The highest BCUT2D eigenvalue weighted by Crippen LogP contribution is 2.57. The molecule has 0 aliphatic rings. The summed E-state index contributed by atoms with van der Waals surface area (Å²) in [5.74, 6) is 2.85. The Hall–Kier alpha value is 1.25. The van der Waals surface area contributed by atoms with Crippen LogP contribution in [0.4, 0.5) is 0 Å². The molecule has 0 heterocycles. The Morgan fingerprint density at radius 1 is 1.24 bits per heavy atom. The van der Waals surface area contributed by atoms with Crippen LogP contribution in [-0.2, 0) is 11.8 Å². The summed E-state index contributed by atoms with van der Waals surface area (Å²) < 4.78 is 0. The van der Waals surface area contributed by atoms with Gasteiger partial charge in [-0.05, 0) is 17.8 Å². The average molecular weight is 319 g/mol. The predicted molar refractivity (Wildman–Crippen MR) is 89.2 cm³/mol. The molecule has 0 aromatic rings. The van der Waals surface area contributed by atoms with Crippen LogP contribution in [0, 0.1) is 17.8 Å². The van der Waals surface area contributed by atoms with Gasteiger partial charge >= 0.3 is 0 Å². The first-order valence-corrected chi connectivity index (χ1v) is 10.8. The molecule has 0 spiro atoms. The van der Waals surface area contributed by atoms with Gasteiger partial charge in [0.2, 0.25) is 0 Å². The topological polar surface area (TPSA) is 20.2 Å². The van der Waals surface area contributed by atoms with Crippen molar-refractivity contribution in [2.75, 3.05) is 11.9 Å². The van der Waals surface area contributed by atoms with E-state index in [1.54, 1.807) is 11.4 Å². The van der Waals surface area contributed by atoms with Crippen LogP contribution in [0.3, 0.4) is 0 Å². The smallest absolute Gasteiger partial charge is 0.117 e. The predicted octanol–water partition coefficient (Wildman–Crippen LogP) is 5.17. The van der Waals surface area contributed by atoms with E-state index in [0.717, 1.165) is 11.9 Å². The van der Waals surface area contributed by atoms with Crippen molar-refractivity contribution in [1.82, 2.24) is 0 Å². The summed E-state index contributed by atoms with van der Waals surface area (Å²) in [6.07, 6.45) is 3.28. The van der Waals surface area contributed by atoms with Crippen molar-refractivity contribution in [3.63, 3.8) is 0 Å². The van der Waals surface area contributed by atoms with Gasteiger partial charge in [0, 0.05) is 11.9 Å². The fourth-order valence-corrected chi connectivity index (χ4v) is 7.09. The maximum Gasteiger partial charge on any atom is 0.117 e. The minimum atomic E-state index is -2.13. The summed E-state index contributed by atoms with van der Waals surface area (Å²) in [7, 11) is 0. The second-order valence-electron chi connectivity index (χ2n) is 5.23. The zero-order valence-electron chi connectivity index (χ0n) is 11.7. The quantitative estimate of drug-likeness (QED) is 0.623. The maximum absolute atomic E-state index is 10.2. The molecule has 0 fully saturated rings. The first-order chi connectivity index (χ1) is 7.28. The van der Waals surface area contributed by atoms with Crippen LogP contribution in [0.1, 0.15) is 47.5 Å². The van der Waals surface area contributed by atoms with Gasteiger partial charge in [-0.1, -0.05) is 70.6 Å². The lowest BCUT2D eigenvalue weighted by Crippen LogP contribution is -2.09. The van der Waals surface area contributed by atoms with Gasteiger partial charge in [0.05, 0.1) is 0 Å². The third kappa shape index (κ3) is 10.8. The normalized spacial score (nSPS) is 18.3. The highest BCUT2D eigenvalue weighted by molar-refractivity contribution is 8.69. The van der Waals surface area contributed by atoms with E-state index in [1.165, 1.54) is 12.8 Å². The molecule has 0 aromatic carbocycles. The number of hydrogen-bond donors (Lipinski definition) is 1. The number of halogens is 1. The lowest BCUT2D eigenvalue weighted by molar-refractivity contribution is 0.454. The summed E-state index contributed by atoms with van der Waals surface area (Å²) in [4.78, 5) is 10.2. The molecule has 0 saturated heterocycles. The Kier molecular flexibility index (Phi) is 12.2. The summed E-state index contributed by atoms with van der Waals surface area (Å²) >= 11 is 7.03. The number of hydrogen-bond acceptors (Lipinski definition) is 2. The van der Waals surface area contributed by atoms with E-state index >= 15 is 0 Å². The summed E-state index contributed by atoms with van der Waals surface area (Å²) in [6.45, 7) is 11.0. The number of rotatable bonds is 8. The fourth-order valence-electron chi connectivity index (χ4n) is 1.45. The molecule has 5 heteroatoms. The summed E-state index contributed by atoms with van der Waals surface area (Å²) in [5, 5.41) is 0. The molecule has 3 atom stereocenters. The lowest BCUT2D eigenvalue weighted by Gasteiger charge is -2.23. The van der Waals surface area contributed by atoms with Crippen molar-refractivity contribution in [3.8, 4) is 0 Å². The average Bonchev–Trinajstić information content (AvgIpc) is 2.14. The molecule has 0 radical (unpaired) electrons. The zero-order valence-corrected chi connectivity index (χ0v) is 15.0. The molecule has 1 N–H and O–H groups in total. The third-order valence-electron chi connectivity index (χ3n) is 3.00. The van der Waals surface area contributed by atoms with Gasteiger partial charge < -0.3 is 4.89 Å². The standard InChI is InChI=1S/C12H27OPS2.ClH/c1-6-7-11(4)9-16-14(13,15)8-12(5)10(2)3;/h10-12H,6-9H2,1-5H3,(H,13,15);1H. The third-order valence-corrected chi connectivity index (χ3v) is 8.66. The SMILES string of the molecule is CCCC(C)CSP(O)(=S)CC(C)C(C)C.Cl. The van der Waals surface area contributed by atoms with Crippen LogP contribution < -0.4 is 0 Å². The van der Waals surface area contributed by atoms with Gasteiger partial charge in [-0.25, -0.2) is 0 Å². The van der Waals surface area contributed by atoms with Crippen molar-refractivity contribution in [2.45, 2.75) is 47.5 Å². The molecule has 17 heavy (non-hydrogen) atoms. The molecular formula is C12H28ClOPS2. The monoisotopic (exact) mass is 318 g/mol. The van der Waals surface area contributed by atoms with Crippen LogP contribution in [0.5, 0.6) is 0 Å². The van der Waals surface area contributed by atoms with Gasteiger partial charge in [-0.2, -0.15) is 0 Å². The maximum atomic E-state index is 10.2. The molecule has 106 valence electrons. The lowest BCUT2D eigenvalue weighted by atomic mass is 10.0. The minimum absolute atomic E-state index is 0. The van der Waals surface area contributed by atoms with E-state index < -0.39 is 5.47 Å². The van der Waals surface area contributed by atoms with E-state index in [1.807, 2.05) is 0 Å². The Morgan fingerprint density at radius 3 is 2.18 bits per heavy atom. The van der Waals surface area contributed by atoms with E-state index in [9.17, 15) is 4.89 Å². The molecule has 0 aliphatic carbocycles. The van der Waals surface area contributed by atoms with Gasteiger partial charge in [0.15, 0.2) is 0 Å². The second-order valence-corrected chi connectivity index (χ2v) is 12.6. The molecule has 0 saturated carbocycles. The van der Waals surface area contributed by atoms with E-state index in [0.29, 0.717) is 17.8 Å². The van der Waals surface area contributed by atoms with Gasteiger partial charge in [0.25, 0.3) is 0 Å². The van der Waals surface area contributed by atoms with Crippen molar-refractivity contribution >= 4 is 41.1 Å². The van der Waals surface area contributed by atoms with Crippen molar-refractivity contribution in [2.24, 2.45) is 17.8 Å². The molecular weight excluding hydrogens is 291 g/mol. The highest BCUT2D eigenvalue weighted by atomic mass is 35.5.